The molecule has 0 bridgehead atoms. The second kappa shape index (κ2) is 11.3. The molecule has 3 aliphatic carbocycles. The first-order valence-electron chi connectivity index (χ1n) is 14.0. The van der Waals surface area contributed by atoms with Gasteiger partial charge in [-0.2, -0.15) is 0 Å². The number of halogens is 1. The van der Waals surface area contributed by atoms with E-state index in [1.165, 1.54) is 95.5 Å². The van der Waals surface area contributed by atoms with Gasteiger partial charge < -0.3 is 0 Å². The lowest BCUT2D eigenvalue weighted by atomic mass is 9.60. The lowest BCUT2D eigenvalue weighted by Crippen LogP contribution is -2.34. The fraction of sp³-hybridized carbons (Fsp3) is 0.800. The van der Waals surface area contributed by atoms with E-state index in [1.54, 1.807) is 0 Å². The molecule has 1 aromatic carbocycles. The van der Waals surface area contributed by atoms with E-state index < -0.39 is 0 Å². The van der Waals surface area contributed by atoms with Crippen molar-refractivity contribution in [3.63, 3.8) is 0 Å². The molecule has 174 valence electrons. The monoisotopic (exact) mass is 426 g/mol. The molecule has 0 heterocycles. The number of unbranched alkanes of at least 4 members (excludes halogenated alkanes) is 2. The van der Waals surface area contributed by atoms with Crippen LogP contribution in [0.4, 0.5) is 4.39 Å². The Morgan fingerprint density at radius 2 is 1.42 bits per heavy atom. The Kier molecular flexibility index (Phi) is 8.52. The number of aryl methyl sites for hydroxylation is 1. The molecule has 4 rings (SSSR count). The first kappa shape index (κ1) is 23.3. The minimum absolute atomic E-state index is 0.0375. The van der Waals surface area contributed by atoms with Crippen molar-refractivity contribution >= 4 is 0 Å². The van der Waals surface area contributed by atoms with Crippen molar-refractivity contribution in [2.24, 2.45) is 29.6 Å². The van der Waals surface area contributed by atoms with Crippen LogP contribution < -0.4 is 0 Å². The Morgan fingerprint density at radius 3 is 2.13 bits per heavy atom. The Labute approximate surface area is 191 Å². The molecule has 0 N–H and O–H groups in total. The summed E-state index contributed by atoms with van der Waals surface area (Å²) in [5.41, 5.74) is 2.18. The van der Waals surface area contributed by atoms with Crippen LogP contribution in [0, 0.1) is 35.4 Å². The van der Waals surface area contributed by atoms with Gasteiger partial charge in [0.05, 0.1) is 0 Å². The van der Waals surface area contributed by atoms with Crippen LogP contribution in [-0.2, 0) is 6.42 Å². The van der Waals surface area contributed by atoms with Crippen LogP contribution in [0.2, 0.25) is 0 Å². The summed E-state index contributed by atoms with van der Waals surface area (Å²) in [6.07, 6.45) is 22.1. The number of benzene rings is 1. The smallest absolute Gasteiger partial charge is 0.126 e. The normalized spacial score (nSPS) is 33.8. The van der Waals surface area contributed by atoms with Crippen molar-refractivity contribution in [1.29, 1.82) is 0 Å². The molecule has 4 atom stereocenters. The van der Waals surface area contributed by atoms with Crippen LogP contribution in [0.25, 0.3) is 0 Å². The van der Waals surface area contributed by atoms with Crippen molar-refractivity contribution in [3.05, 3.63) is 35.1 Å². The second-order valence-corrected chi connectivity index (χ2v) is 11.5. The molecule has 0 saturated heterocycles. The molecular weight excluding hydrogens is 379 g/mol. The van der Waals surface area contributed by atoms with E-state index in [9.17, 15) is 4.39 Å². The molecule has 3 saturated carbocycles. The molecule has 0 aromatic heterocycles. The summed E-state index contributed by atoms with van der Waals surface area (Å²) in [6, 6.07) is 6.18. The second-order valence-electron chi connectivity index (χ2n) is 11.5. The molecule has 0 spiro atoms. The minimum Gasteiger partial charge on any atom is -0.207 e. The molecule has 0 nitrogen and oxygen atoms in total. The maximum atomic E-state index is 14.5. The molecule has 0 radical (unpaired) electrons. The third-order valence-corrected chi connectivity index (χ3v) is 9.50. The molecule has 4 unspecified atom stereocenters. The van der Waals surface area contributed by atoms with Gasteiger partial charge >= 0.3 is 0 Å². The Bertz CT molecular complexity index is 671. The van der Waals surface area contributed by atoms with E-state index in [1.807, 2.05) is 6.07 Å². The van der Waals surface area contributed by atoms with Crippen LogP contribution in [-0.4, -0.2) is 0 Å². The van der Waals surface area contributed by atoms with Crippen LogP contribution in [0.3, 0.4) is 0 Å². The van der Waals surface area contributed by atoms with Gasteiger partial charge in [0.15, 0.2) is 0 Å². The molecule has 0 aliphatic heterocycles. The third-order valence-electron chi connectivity index (χ3n) is 9.50. The molecule has 3 fully saturated rings. The summed E-state index contributed by atoms with van der Waals surface area (Å²) in [7, 11) is 0. The fourth-order valence-corrected chi connectivity index (χ4v) is 7.58. The van der Waals surface area contributed by atoms with Gasteiger partial charge in [-0.1, -0.05) is 70.9 Å². The van der Waals surface area contributed by atoms with Crippen molar-refractivity contribution in [3.8, 4) is 0 Å². The standard InChI is InChI=1S/C30H47F/c1-3-5-6-8-22-9-11-23(12-10-22)25-15-16-27-20-28(18-17-26(27)19-25)29-14-13-24(7-4-2)30(31)21-29/h13-14,21-23,25-28H,3-12,15-20H2,1-2H3. The van der Waals surface area contributed by atoms with Crippen molar-refractivity contribution in [1.82, 2.24) is 0 Å². The fourth-order valence-electron chi connectivity index (χ4n) is 7.58. The highest BCUT2D eigenvalue weighted by Gasteiger charge is 2.39. The van der Waals surface area contributed by atoms with Gasteiger partial charge in [0.1, 0.15) is 5.82 Å². The predicted molar refractivity (Wildman–Crippen MR) is 131 cm³/mol. The molecular formula is C30H47F. The number of fused-ring (bicyclic) bond motifs is 1. The van der Waals surface area contributed by atoms with Crippen molar-refractivity contribution in [2.45, 2.75) is 122 Å². The molecule has 0 amide bonds. The maximum Gasteiger partial charge on any atom is 0.126 e. The van der Waals surface area contributed by atoms with Crippen molar-refractivity contribution < 1.29 is 4.39 Å². The Balaban J connectivity index is 1.25. The Morgan fingerprint density at radius 1 is 0.742 bits per heavy atom. The van der Waals surface area contributed by atoms with E-state index in [0.717, 1.165) is 48.0 Å². The topological polar surface area (TPSA) is 0 Å². The summed E-state index contributed by atoms with van der Waals surface area (Å²) >= 11 is 0. The number of rotatable bonds is 8. The predicted octanol–water partition coefficient (Wildman–Crippen LogP) is 9.46. The first-order chi connectivity index (χ1) is 15.2. The lowest BCUT2D eigenvalue weighted by molar-refractivity contribution is 0.0710. The average Bonchev–Trinajstić information content (AvgIpc) is 2.80. The summed E-state index contributed by atoms with van der Waals surface area (Å²) in [5.74, 6) is 5.58. The first-order valence-corrected chi connectivity index (χ1v) is 14.0. The maximum absolute atomic E-state index is 14.5. The van der Waals surface area contributed by atoms with E-state index in [2.05, 4.69) is 26.0 Å². The zero-order valence-corrected chi connectivity index (χ0v) is 20.4. The van der Waals surface area contributed by atoms with Gasteiger partial charge in [-0.25, -0.2) is 4.39 Å². The van der Waals surface area contributed by atoms with Gasteiger partial charge in [-0.15, -0.1) is 0 Å². The SMILES string of the molecule is CCCCCC1CCC(C2CCC3CC(c4ccc(CCC)c(F)c4)CCC3C2)CC1. The molecule has 3 aliphatic rings. The van der Waals surface area contributed by atoms with Crippen LogP contribution in [0.5, 0.6) is 0 Å². The molecule has 31 heavy (non-hydrogen) atoms. The number of hydrogen-bond donors (Lipinski definition) is 0. The zero-order chi connectivity index (χ0) is 21.6. The summed E-state index contributed by atoms with van der Waals surface area (Å²) in [5, 5.41) is 0. The lowest BCUT2D eigenvalue weighted by Gasteiger charge is -2.45. The van der Waals surface area contributed by atoms with E-state index in [4.69, 9.17) is 0 Å². The van der Waals surface area contributed by atoms with Gasteiger partial charge in [0.25, 0.3) is 0 Å². The number of hydrogen-bond acceptors (Lipinski definition) is 0. The summed E-state index contributed by atoms with van der Waals surface area (Å²) in [4.78, 5) is 0. The zero-order valence-electron chi connectivity index (χ0n) is 20.4. The highest BCUT2D eigenvalue weighted by molar-refractivity contribution is 5.27. The van der Waals surface area contributed by atoms with Gasteiger partial charge in [0, 0.05) is 0 Å². The van der Waals surface area contributed by atoms with Crippen LogP contribution in [0.1, 0.15) is 127 Å². The third kappa shape index (κ3) is 5.94. The average molecular weight is 427 g/mol. The molecule has 1 heteroatoms. The van der Waals surface area contributed by atoms with Crippen LogP contribution >= 0.6 is 0 Å². The van der Waals surface area contributed by atoms with Gasteiger partial charge in [0.2, 0.25) is 0 Å². The van der Waals surface area contributed by atoms with Gasteiger partial charge in [-0.05, 0) is 110 Å². The Hall–Kier alpha value is -0.850. The van der Waals surface area contributed by atoms with Gasteiger partial charge in [-0.3, -0.25) is 0 Å². The quantitative estimate of drug-likeness (QED) is 0.363. The van der Waals surface area contributed by atoms with Crippen LogP contribution in [0.15, 0.2) is 18.2 Å². The highest BCUT2D eigenvalue weighted by Crippen LogP contribution is 2.51. The highest BCUT2D eigenvalue weighted by atomic mass is 19.1. The van der Waals surface area contributed by atoms with E-state index in [-0.39, 0.29) is 5.82 Å². The molecule has 1 aromatic rings. The van der Waals surface area contributed by atoms with E-state index in [0.29, 0.717) is 5.92 Å². The minimum atomic E-state index is 0.0375. The van der Waals surface area contributed by atoms with Crippen molar-refractivity contribution in [2.75, 3.05) is 0 Å². The summed E-state index contributed by atoms with van der Waals surface area (Å²) < 4.78 is 14.5. The summed E-state index contributed by atoms with van der Waals surface area (Å²) in [6.45, 7) is 4.45. The largest absolute Gasteiger partial charge is 0.207 e. The van der Waals surface area contributed by atoms with E-state index >= 15 is 0 Å².